The Morgan fingerprint density at radius 3 is 2.22 bits per heavy atom. The largest absolute Gasteiger partial charge is 0.465 e. The van der Waals surface area contributed by atoms with Gasteiger partial charge in [-0.05, 0) is 54.4 Å². The fourth-order valence-corrected chi connectivity index (χ4v) is 4.47. The number of piperazine rings is 1. The number of amides is 1. The molecule has 7 heteroatoms. The van der Waals surface area contributed by atoms with Gasteiger partial charge in [0.15, 0.2) is 0 Å². The summed E-state index contributed by atoms with van der Waals surface area (Å²) in [5, 5.41) is 0.697. The highest BCUT2D eigenvalue weighted by Gasteiger charge is 2.25. The van der Waals surface area contributed by atoms with Crippen LogP contribution < -0.4 is 0 Å². The third kappa shape index (κ3) is 6.72. The minimum Gasteiger partial charge on any atom is -0.465 e. The van der Waals surface area contributed by atoms with Gasteiger partial charge in [-0.1, -0.05) is 53.6 Å². The molecular weight excluding hydrogens is 476 g/mol. The fourth-order valence-electron chi connectivity index (χ4n) is 4.35. The van der Waals surface area contributed by atoms with Crippen LogP contribution in [-0.2, 0) is 16.1 Å². The summed E-state index contributed by atoms with van der Waals surface area (Å²) in [6, 6.07) is 22.8. The Bertz CT molecular complexity index is 1170. The lowest BCUT2D eigenvalue weighted by molar-refractivity contribution is 0.00341. The number of halogens is 1. The molecule has 1 amide bonds. The van der Waals surface area contributed by atoms with Crippen LogP contribution in [0.1, 0.15) is 43.5 Å². The third-order valence-electron chi connectivity index (χ3n) is 6.41. The molecule has 1 saturated heterocycles. The number of esters is 1. The number of nitrogens with zero attached hydrogens (tertiary/aromatic N) is 2. The van der Waals surface area contributed by atoms with E-state index in [4.69, 9.17) is 21.1 Å². The number of aryl methyl sites for hydroxylation is 1. The zero-order chi connectivity index (χ0) is 25.5. The van der Waals surface area contributed by atoms with E-state index in [-0.39, 0.29) is 12.0 Å². The highest BCUT2D eigenvalue weighted by molar-refractivity contribution is 6.30. The average molecular weight is 507 g/mol. The second kappa shape index (κ2) is 12.2. The Kier molecular flexibility index (Phi) is 8.75. The molecule has 0 bridgehead atoms. The van der Waals surface area contributed by atoms with Gasteiger partial charge in [0.1, 0.15) is 0 Å². The minimum atomic E-state index is -0.414. The van der Waals surface area contributed by atoms with E-state index in [9.17, 15) is 9.59 Å². The van der Waals surface area contributed by atoms with Crippen molar-refractivity contribution in [3.8, 4) is 0 Å². The van der Waals surface area contributed by atoms with Gasteiger partial charge >= 0.3 is 5.97 Å². The lowest BCUT2D eigenvalue weighted by Crippen LogP contribution is -2.49. The van der Waals surface area contributed by atoms with Crippen molar-refractivity contribution in [3.05, 3.63) is 106 Å². The summed E-state index contributed by atoms with van der Waals surface area (Å²) < 4.78 is 11.1. The van der Waals surface area contributed by atoms with Crippen molar-refractivity contribution in [2.24, 2.45) is 0 Å². The molecule has 1 aliphatic rings. The molecule has 1 fully saturated rings. The molecule has 1 aliphatic heterocycles. The van der Waals surface area contributed by atoms with E-state index in [2.05, 4.69) is 30.0 Å². The number of benzene rings is 3. The van der Waals surface area contributed by atoms with Crippen LogP contribution in [0, 0.1) is 6.92 Å². The molecule has 6 nitrogen and oxygen atoms in total. The van der Waals surface area contributed by atoms with Crippen molar-refractivity contribution in [2.75, 3.05) is 39.8 Å². The fraction of sp³-hybridized carbons (Fsp3) is 0.310. The quantitative estimate of drug-likeness (QED) is 0.395. The number of carbonyl (C=O) groups excluding carboxylic acids is 2. The molecule has 1 unspecified atom stereocenters. The van der Waals surface area contributed by atoms with Crippen LogP contribution in [0.4, 0.5) is 0 Å². The van der Waals surface area contributed by atoms with E-state index in [1.54, 1.807) is 24.3 Å². The molecule has 0 N–H and O–H groups in total. The molecular formula is C29H31ClN2O4. The smallest absolute Gasteiger partial charge is 0.337 e. The second-order valence-corrected chi connectivity index (χ2v) is 9.44. The monoisotopic (exact) mass is 506 g/mol. The second-order valence-electron chi connectivity index (χ2n) is 9.00. The van der Waals surface area contributed by atoms with Crippen LogP contribution in [0.25, 0.3) is 0 Å². The highest BCUT2D eigenvalue weighted by atomic mass is 35.5. The van der Waals surface area contributed by atoms with Gasteiger partial charge in [0.05, 0.1) is 25.4 Å². The van der Waals surface area contributed by atoms with Gasteiger partial charge in [-0.25, -0.2) is 4.79 Å². The Balaban J connectivity index is 1.36. The van der Waals surface area contributed by atoms with Gasteiger partial charge in [0.25, 0.3) is 5.91 Å². The van der Waals surface area contributed by atoms with Crippen molar-refractivity contribution < 1.29 is 19.1 Å². The van der Waals surface area contributed by atoms with Crippen molar-refractivity contribution in [1.29, 1.82) is 0 Å². The summed E-state index contributed by atoms with van der Waals surface area (Å²) >= 11 is 6.11. The Labute approximate surface area is 217 Å². The molecule has 0 aromatic heterocycles. The average Bonchev–Trinajstić information content (AvgIpc) is 2.91. The Hall–Kier alpha value is -3.19. The van der Waals surface area contributed by atoms with Gasteiger partial charge in [-0.3, -0.25) is 9.69 Å². The predicted octanol–water partition coefficient (Wildman–Crippen LogP) is 5.15. The van der Waals surface area contributed by atoms with Crippen LogP contribution in [0.5, 0.6) is 0 Å². The van der Waals surface area contributed by atoms with E-state index in [0.29, 0.717) is 35.8 Å². The number of carbonyl (C=O) groups is 2. The van der Waals surface area contributed by atoms with E-state index in [1.165, 1.54) is 12.7 Å². The molecule has 1 heterocycles. The maximum absolute atomic E-state index is 13.0. The number of rotatable bonds is 8. The summed E-state index contributed by atoms with van der Waals surface area (Å²) in [5.74, 6) is -0.446. The first-order chi connectivity index (χ1) is 17.4. The van der Waals surface area contributed by atoms with Crippen LogP contribution in [0.15, 0.2) is 72.8 Å². The lowest BCUT2D eigenvalue weighted by Gasteiger charge is -2.36. The minimum absolute atomic E-state index is 0.0315. The molecule has 36 heavy (non-hydrogen) atoms. The Morgan fingerprint density at radius 2 is 1.58 bits per heavy atom. The van der Waals surface area contributed by atoms with Gasteiger partial charge in [-0.15, -0.1) is 0 Å². The number of hydrogen-bond donors (Lipinski definition) is 0. The maximum Gasteiger partial charge on any atom is 0.337 e. The van der Waals surface area contributed by atoms with Crippen LogP contribution in [-0.4, -0.2) is 61.5 Å². The molecule has 3 aromatic carbocycles. The topological polar surface area (TPSA) is 59.1 Å². The van der Waals surface area contributed by atoms with E-state index < -0.39 is 5.97 Å². The summed E-state index contributed by atoms with van der Waals surface area (Å²) in [5.41, 5.74) is 4.42. The zero-order valence-corrected chi connectivity index (χ0v) is 21.4. The van der Waals surface area contributed by atoms with Crippen LogP contribution in [0.3, 0.4) is 0 Å². The summed E-state index contributed by atoms with van der Waals surface area (Å²) in [4.78, 5) is 28.8. The third-order valence-corrected chi connectivity index (χ3v) is 6.66. The molecule has 4 rings (SSSR count). The first-order valence-corrected chi connectivity index (χ1v) is 12.4. The Morgan fingerprint density at radius 1 is 0.917 bits per heavy atom. The molecule has 0 radical (unpaired) electrons. The van der Waals surface area contributed by atoms with Gasteiger partial charge in [0.2, 0.25) is 0 Å². The maximum atomic E-state index is 13.0. The SMILES string of the molecule is COC(=O)c1ccc(C(=O)N2CCN(CC(OCc3cccc(C)c3)c3ccc(Cl)cc3)CC2)cc1. The van der Waals surface area contributed by atoms with Gasteiger partial charge in [0, 0.05) is 43.3 Å². The lowest BCUT2D eigenvalue weighted by atomic mass is 10.1. The van der Waals surface area contributed by atoms with Crippen LogP contribution in [0.2, 0.25) is 5.02 Å². The molecule has 188 valence electrons. The van der Waals surface area contributed by atoms with Gasteiger partial charge in [-0.2, -0.15) is 0 Å². The number of methoxy groups -OCH3 is 1. The van der Waals surface area contributed by atoms with Crippen molar-refractivity contribution in [2.45, 2.75) is 19.6 Å². The standard InChI is InChI=1S/C29H31ClN2O4/c1-21-4-3-5-22(18-21)20-36-27(23-10-12-26(30)13-11-23)19-31-14-16-32(17-15-31)28(33)24-6-8-25(9-7-24)29(34)35-2/h3-13,18,27H,14-17,19-20H2,1-2H3. The molecule has 0 spiro atoms. The molecule has 1 atom stereocenters. The zero-order valence-electron chi connectivity index (χ0n) is 20.7. The van der Waals surface area contributed by atoms with E-state index in [1.807, 2.05) is 35.2 Å². The van der Waals surface area contributed by atoms with Gasteiger partial charge < -0.3 is 14.4 Å². The van der Waals surface area contributed by atoms with E-state index in [0.717, 1.165) is 30.8 Å². The summed E-state index contributed by atoms with van der Waals surface area (Å²) in [7, 11) is 1.34. The van der Waals surface area contributed by atoms with Crippen molar-refractivity contribution in [3.63, 3.8) is 0 Å². The molecule has 0 saturated carbocycles. The van der Waals surface area contributed by atoms with E-state index >= 15 is 0 Å². The highest BCUT2D eigenvalue weighted by Crippen LogP contribution is 2.24. The molecule has 3 aromatic rings. The first kappa shape index (κ1) is 25.9. The number of hydrogen-bond acceptors (Lipinski definition) is 5. The van der Waals surface area contributed by atoms with Crippen LogP contribution >= 0.6 is 11.6 Å². The van der Waals surface area contributed by atoms with Crippen molar-refractivity contribution in [1.82, 2.24) is 9.80 Å². The normalized spacial score (nSPS) is 14.9. The summed E-state index contributed by atoms with van der Waals surface area (Å²) in [6.07, 6.45) is -0.115. The molecule has 0 aliphatic carbocycles. The first-order valence-electron chi connectivity index (χ1n) is 12.1. The summed E-state index contributed by atoms with van der Waals surface area (Å²) in [6.45, 7) is 6.09. The van der Waals surface area contributed by atoms with Crippen molar-refractivity contribution >= 4 is 23.5 Å². The predicted molar refractivity (Wildman–Crippen MR) is 140 cm³/mol. The number of ether oxygens (including phenoxy) is 2.